The number of nitro groups is 1. The smallest absolute Gasteiger partial charge is 0.410 e. The summed E-state index contributed by atoms with van der Waals surface area (Å²) in [7, 11) is 0. The molecule has 0 bridgehead atoms. The van der Waals surface area contributed by atoms with Crippen LogP contribution >= 0.6 is 0 Å². The Morgan fingerprint density at radius 3 is 2.78 bits per heavy atom. The van der Waals surface area contributed by atoms with E-state index in [9.17, 15) is 14.9 Å². The number of aromatic nitrogens is 1. The first kappa shape index (κ1) is 17.0. The summed E-state index contributed by atoms with van der Waals surface area (Å²) in [6.07, 6.45) is 1.68. The molecule has 1 saturated heterocycles. The fourth-order valence-corrected chi connectivity index (χ4v) is 2.23. The van der Waals surface area contributed by atoms with E-state index in [1.165, 1.54) is 12.1 Å². The molecule has 0 radical (unpaired) electrons. The van der Waals surface area contributed by atoms with E-state index in [2.05, 4.69) is 4.98 Å². The van der Waals surface area contributed by atoms with Gasteiger partial charge in [0.2, 0.25) is 5.88 Å². The van der Waals surface area contributed by atoms with Gasteiger partial charge in [-0.15, -0.1) is 0 Å². The molecular formula is C15H21N3O5. The Bertz CT molecular complexity index is 567. The first-order chi connectivity index (χ1) is 10.7. The van der Waals surface area contributed by atoms with Crippen molar-refractivity contribution in [3.05, 3.63) is 28.4 Å². The maximum Gasteiger partial charge on any atom is 0.410 e. The van der Waals surface area contributed by atoms with Crippen LogP contribution in [0.2, 0.25) is 0 Å². The number of carbonyl (C=O) groups is 1. The zero-order chi connectivity index (χ0) is 17.0. The van der Waals surface area contributed by atoms with Crippen molar-refractivity contribution in [2.45, 2.75) is 32.8 Å². The summed E-state index contributed by atoms with van der Waals surface area (Å²) in [5.41, 5.74) is -0.580. The van der Waals surface area contributed by atoms with Crippen molar-refractivity contribution < 1.29 is 19.2 Å². The first-order valence-electron chi connectivity index (χ1n) is 7.46. The lowest BCUT2D eigenvalue weighted by atomic mass is 10.1. The van der Waals surface area contributed by atoms with E-state index in [1.807, 2.05) is 20.8 Å². The molecule has 0 N–H and O–H groups in total. The molecule has 2 rings (SSSR count). The van der Waals surface area contributed by atoms with Crippen LogP contribution in [-0.2, 0) is 4.74 Å². The molecule has 1 aliphatic heterocycles. The van der Waals surface area contributed by atoms with E-state index in [-0.39, 0.29) is 17.7 Å². The van der Waals surface area contributed by atoms with Crippen LogP contribution in [0.4, 0.5) is 10.5 Å². The number of pyridine rings is 1. The van der Waals surface area contributed by atoms with Crippen LogP contribution in [-0.4, -0.2) is 46.2 Å². The van der Waals surface area contributed by atoms with Crippen molar-refractivity contribution >= 4 is 11.8 Å². The van der Waals surface area contributed by atoms with E-state index >= 15 is 0 Å². The third-order valence-electron chi connectivity index (χ3n) is 3.34. The lowest BCUT2D eigenvalue weighted by Gasteiger charge is -2.24. The predicted octanol–water partition coefficient (Wildman–Crippen LogP) is 2.63. The van der Waals surface area contributed by atoms with Crippen LogP contribution in [0.1, 0.15) is 27.2 Å². The van der Waals surface area contributed by atoms with Crippen LogP contribution in [0, 0.1) is 16.0 Å². The van der Waals surface area contributed by atoms with Gasteiger partial charge in [-0.25, -0.2) is 9.78 Å². The van der Waals surface area contributed by atoms with Gasteiger partial charge in [0.15, 0.2) is 0 Å². The minimum atomic E-state index is -0.507. The highest BCUT2D eigenvalue weighted by Crippen LogP contribution is 2.21. The molecule has 1 aliphatic rings. The number of ether oxygens (including phenoxy) is 2. The van der Waals surface area contributed by atoms with Crippen molar-refractivity contribution in [1.82, 2.24) is 9.88 Å². The quantitative estimate of drug-likeness (QED) is 0.624. The van der Waals surface area contributed by atoms with E-state index in [1.54, 1.807) is 4.90 Å². The third-order valence-corrected chi connectivity index (χ3v) is 3.34. The Balaban J connectivity index is 1.79. The van der Waals surface area contributed by atoms with E-state index in [4.69, 9.17) is 9.47 Å². The SMILES string of the molecule is CC(C)(C)OC(=O)N1CC[C@H](COc2ccc([N+](=O)[O-])cn2)C1. The van der Waals surface area contributed by atoms with Crippen LogP contribution in [0.3, 0.4) is 0 Å². The highest BCUT2D eigenvalue weighted by molar-refractivity contribution is 5.68. The monoisotopic (exact) mass is 323 g/mol. The van der Waals surface area contributed by atoms with Gasteiger partial charge in [0, 0.05) is 31.1 Å². The molecule has 0 spiro atoms. The van der Waals surface area contributed by atoms with Crippen LogP contribution < -0.4 is 4.74 Å². The number of rotatable bonds is 4. The molecule has 1 atom stereocenters. The Kier molecular flexibility index (Phi) is 5.02. The maximum atomic E-state index is 12.0. The number of carbonyl (C=O) groups excluding carboxylic acids is 1. The zero-order valence-corrected chi connectivity index (χ0v) is 13.5. The molecule has 8 heteroatoms. The summed E-state index contributed by atoms with van der Waals surface area (Å²) >= 11 is 0. The van der Waals surface area contributed by atoms with E-state index in [0.717, 1.165) is 12.6 Å². The minimum absolute atomic E-state index is 0.0747. The van der Waals surface area contributed by atoms with Crippen molar-refractivity contribution in [3.63, 3.8) is 0 Å². The van der Waals surface area contributed by atoms with Gasteiger partial charge < -0.3 is 14.4 Å². The lowest BCUT2D eigenvalue weighted by molar-refractivity contribution is -0.385. The molecule has 0 saturated carbocycles. The molecule has 1 fully saturated rings. The van der Waals surface area contributed by atoms with E-state index in [0.29, 0.717) is 25.6 Å². The summed E-state index contributed by atoms with van der Waals surface area (Å²) in [5, 5.41) is 10.6. The Morgan fingerprint density at radius 1 is 1.48 bits per heavy atom. The highest BCUT2D eigenvalue weighted by Gasteiger charge is 2.30. The van der Waals surface area contributed by atoms with Crippen LogP contribution in [0.5, 0.6) is 5.88 Å². The van der Waals surface area contributed by atoms with Gasteiger partial charge in [-0.2, -0.15) is 0 Å². The van der Waals surface area contributed by atoms with Gasteiger partial charge in [0.25, 0.3) is 5.69 Å². The Morgan fingerprint density at radius 2 is 2.22 bits per heavy atom. The number of hydrogen-bond donors (Lipinski definition) is 0. The lowest BCUT2D eigenvalue weighted by Crippen LogP contribution is -2.35. The molecule has 23 heavy (non-hydrogen) atoms. The Labute approximate surface area is 134 Å². The predicted molar refractivity (Wildman–Crippen MR) is 82.3 cm³/mol. The normalized spacial score (nSPS) is 17.9. The molecule has 0 aromatic carbocycles. The van der Waals surface area contributed by atoms with Gasteiger partial charge in [0.1, 0.15) is 11.8 Å². The molecule has 1 amide bonds. The average Bonchev–Trinajstić information content (AvgIpc) is 2.93. The topological polar surface area (TPSA) is 94.8 Å². The number of hydrogen-bond acceptors (Lipinski definition) is 6. The Hall–Kier alpha value is -2.38. The van der Waals surface area contributed by atoms with Crippen molar-refractivity contribution in [1.29, 1.82) is 0 Å². The minimum Gasteiger partial charge on any atom is -0.477 e. The molecular weight excluding hydrogens is 302 g/mol. The third kappa shape index (κ3) is 5.08. The summed E-state index contributed by atoms with van der Waals surface area (Å²) < 4.78 is 10.9. The van der Waals surface area contributed by atoms with Crippen molar-refractivity contribution in [2.24, 2.45) is 5.92 Å². The zero-order valence-electron chi connectivity index (χ0n) is 13.5. The van der Waals surface area contributed by atoms with Crippen LogP contribution in [0.25, 0.3) is 0 Å². The van der Waals surface area contributed by atoms with Gasteiger partial charge >= 0.3 is 6.09 Å². The second-order valence-electron chi connectivity index (χ2n) is 6.50. The summed E-state index contributed by atoms with van der Waals surface area (Å²) in [4.78, 5) is 27.6. The van der Waals surface area contributed by atoms with E-state index < -0.39 is 10.5 Å². The first-order valence-corrected chi connectivity index (χ1v) is 7.46. The van der Waals surface area contributed by atoms with Gasteiger partial charge in [0.05, 0.1) is 11.5 Å². The van der Waals surface area contributed by atoms with Gasteiger partial charge in [-0.1, -0.05) is 0 Å². The van der Waals surface area contributed by atoms with Crippen LogP contribution in [0.15, 0.2) is 18.3 Å². The molecule has 2 heterocycles. The van der Waals surface area contributed by atoms with Gasteiger partial charge in [-0.05, 0) is 27.2 Å². The largest absolute Gasteiger partial charge is 0.477 e. The molecule has 0 unspecified atom stereocenters. The average molecular weight is 323 g/mol. The summed E-state index contributed by atoms with van der Waals surface area (Å²) in [5.74, 6) is 0.533. The molecule has 1 aromatic heterocycles. The number of amides is 1. The molecule has 126 valence electrons. The number of nitrogens with zero attached hydrogens (tertiary/aromatic N) is 3. The standard InChI is InChI=1S/C15H21N3O5/c1-15(2,3)23-14(19)17-7-6-11(9-17)10-22-13-5-4-12(8-16-13)18(20)21/h4-5,8,11H,6-7,9-10H2,1-3H3/t11-/m0/s1. The number of likely N-dealkylation sites (tertiary alicyclic amines) is 1. The molecule has 1 aromatic rings. The highest BCUT2D eigenvalue weighted by atomic mass is 16.6. The second-order valence-corrected chi connectivity index (χ2v) is 6.50. The fraction of sp³-hybridized carbons (Fsp3) is 0.600. The van der Waals surface area contributed by atoms with Crippen molar-refractivity contribution in [3.8, 4) is 5.88 Å². The summed E-state index contributed by atoms with van der Waals surface area (Å²) in [6, 6.07) is 2.82. The molecule has 8 nitrogen and oxygen atoms in total. The summed E-state index contributed by atoms with van der Waals surface area (Å²) in [6.45, 7) is 7.12. The fourth-order valence-electron chi connectivity index (χ4n) is 2.23. The molecule has 0 aliphatic carbocycles. The van der Waals surface area contributed by atoms with Crippen molar-refractivity contribution in [2.75, 3.05) is 19.7 Å². The second kappa shape index (κ2) is 6.80. The van der Waals surface area contributed by atoms with Gasteiger partial charge in [-0.3, -0.25) is 10.1 Å². The maximum absolute atomic E-state index is 12.0.